The highest BCUT2D eigenvalue weighted by Crippen LogP contribution is 2.32. The van der Waals surface area contributed by atoms with E-state index in [4.69, 9.17) is 0 Å². The minimum Gasteiger partial charge on any atom is -0.344 e. The first kappa shape index (κ1) is 14.9. The summed E-state index contributed by atoms with van der Waals surface area (Å²) in [6, 6.07) is 0. The van der Waals surface area contributed by atoms with Crippen LogP contribution >= 0.6 is 11.3 Å². The van der Waals surface area contributed by atoms with Crippen LogP contribution in [-0.2, 0) is 17.2 Å². The summed E-state index contributed by atoms with van der Waals surface area (Å²) in [6.45, 7) is 8.15. The molecule has 1 aromatic heterocycles. The van der Waals surface area contributed by atoms with E-state index in [1.807, 2.05) is 0 Å². The minimum atomic E-state index is -0.713. The summed E-state index contributed by atoms with van der Waals surface area (Å²) in [4.78, 5) is 2.28. The van der Waals surface area contributed by atoms with E-state index in [0.717, 1.165) is 54.7 Å². The van der Waals surface area contributed by atoms with Gasteiger partial charge in [-0.15, -0.1) is 10.2 Å². The summed E-state index contributed by atoms with van der Waals surface area (Å²) < 4.78 is 12.3. The lowest BCUT2D eigenvalue weighted by Crippen LogP contribution is -2.53. The quantitative estimate of drug-likeness (QED) is 0.839. The van der Waals surface area contributed by atoms with Crippen molar-refractivity contribution in [2.45, 2.75) is 51.2 Å². The van der Waals surface area contributed by atoms with Crippen molar-refractivity contribution in [3.8, 4) is 0 Å². The molecule has 1 aliphatic heterocycles. The molecule has 0 N–H and O–H groups in total. The molecule has 1 aromatic rings. The Balaban J connectivity index is 2.14. The third-order valence-electron chi connectivity index (χ3n) is 3.99. The van der Waals surface area contributed by atoms with Crippen LogP contribution in [-0.4, -0.2) is 38.0 Å². The van der Waals surface area contributed by atoms with Crippen LogP contribution in [0.25, 0.3) is 0 Å². The Bertz CT molecular complexity index is 443. The van der Waals surface area contributed by atoms with E-state index in [0.29, 0.717) is 0 Å². The molecule has 0 radical (unpaired) electrons. The lowest BCUT2D eigenvalue weighted by Gasteiger charge is -2.40. The highest BCUT2D eigenvalue weighted by Gasteiger charge is 2.39. The zero-order chi connectivity index (χ0) is 13.9. The first-order valence-electron chi connectivity index (χ1n) is 7.11. The molecule has 0 aliphatic carbocycles. The number of nitrogens with zero attached hydrogens (tertiary/aromatic N) is 3. The molecule has 6 heteroatoms. The van der Waals surface area contributed by atoms with Crippen LogP contribution in [0, 0.1) is 0 Å². The lowest BCUT2D eigenvalue weighted by molar-refractivity contribution is 0.495. The zero-order valence-electron chi connectivity index (χ0n) is 12.0. The highest BCUT2D eigenvalue weighted by atomic mass is 32.2. The van der Waals surface area contributed by atoms with E-state index in [1.165, 1.54) is 0 Å². The van der Waals surface area contributed by atoms with Gasteiger partial charge in [0.1, 0.15) is 5.01 Å². The number of hydrogen-bond acceptors (Lipinski definition) is 5. The number of anilines is 1. The van der Waals surface area contributed by atoms with Crippen LogP contribution in [0.2, 0.25) is 0 Å². The molecule has 1 fully saturated rings. The Labute approximate surface area is 122 Å². The van der Waals surface area contributed by atoms with E-state index in [1.54, 1.807) is 11.3 Å². The van der Waals surface area contributed by atoms with Crippen molar-refractivity contribution in [2.75, 3.05) is 23.7 Å². The van der Waals surface area contributed by atoms with E-state index in [-0.39, 0.29) is 4.75 Å². The van der Waals surface area contributed by atoms with Gasteiger partial charge in [-0.3, -0.25) is 4.21 Å². The second-order valence-electron chi connectivity index (χ2n) is 5.09. The van der Waals surface area contributed by atoms with Crippen LogP contribution in [0.1, 0.15) is 45.0 Å². The molecule has 1 saturated heterocycles. The van der Waals surface area contributed by atoms with Crippen LogP contribution in [0.3, 0.4) is 0 Å². The predicted molar refractivity (Wildman–Crippen MR) is 82.4 cm³/mol. The summed E-state index contributed by atoms with van der Waals surface area (Å²) in [5.41, 5.74) is 0. The molecule has 0 amide bonds. The molecule has 108 valence electrons. The fourth-order valence-corrected chi connectivity index (χ4v) is 5.28. The van der Waals surface area contributed by atoms with Crippen molar-refractivity contribution >= 4 is 27.3 Å². The maximum atomic E-state index is 12.3. The maximum absolute atomic E-state index is 12.3. The van der Waals surface area contributed by atoms with E-state index < -0.39 is 10.8 Å². The standard InChI is InChI=1S/C13H23N3OS2/c1-4-7-11-14-15-12(18-11)16-8-9-19(17)13(5-2,6-3)10-16/h4-10H2,1-3H3. The van der Waals surface area contributed by atoms with Crippen LogP contribution in [0.4, 0.5) is 5.13 Å². The third-order valence-corrected chi connectivity index (χ3v) is 7.26. The monoisotopic (exact) mass is 301 g/mol. The van der Waals surface area contributed by atoms with Gasteiger partial charge in [-0.25, -0.2) is 0 Å². The van der Waals surface area contributed by atoms with E-state index in [2.05, 4.69) is 35.9 Å². The van der Waals surface area contributed by atoms with Crippen molar-refractivity contribution in [3.05, 3.63) is 5.01 Å². The van der Waals surface area contributed by atoms with Gasteiger partial charge in [0.05, 0.1) is 4.75 Å². The number of rotatable bonds is 5. The van der Waals surface area contributed by atoms with Gasteiger partial charge < -0.3 is 4.90 Å². The van der Waals surface area contributed by atoms with Gasteiger partial charge in [0.25, 0.3) is 0 Å². The average Bonchev–Trinajstić information content (AvgIpc) is 2.89. The van der Waals surface area contributed by atoms with Gasteiger partial charge in [-0.05, 0) is 19.3 Å². The van der Waals surface area contributed by atoms with Gasteiger partial charge in [-0.2, -0.15) is 0 Å². The maximum Gasteiger partial charge on any atom is 0.208 e. The Hall–Kier alpha value is -0.490. The molecule has 0 aromatic carbocycles. The Morgan fingerprint density at radius 3 is 2.68 bits per heavy atom. The minimum absolute atomic E-state index is 0.0607. The lowest BCUT2D eigenvalue weighted by atomic mass is 10.0. The van der Waals surface area contributed by atoms with Gasteiger partial charge in [0, 0.05) is 36.1 Å². The van der Waals surface area contributed by atoms with E-state index in [9.17, 15) is 4.21 Å². The number of hydrogen-bond donors (Lipinski definition) is 0. The zero-order valence-corrected chi connectivity index (χ0v) is 13.6. The molecular formula is C13H23N3OS2. The van der Waals surface area contributed by atoms with Crippen LogP contribution < -0.4 is 4.90 Å². The smallest absolute Gasteiger partial charge is 0.208 e. The van der Waals surface area contributed by atoms with Gasteiger partial charge in [-0.1, -0.05) is 32.1 Å². The van der Waals surface area contributed by atoms with Crippen LogP contribution in [0.5, 0.6) is 0 Å². The van der Waals surface area contributed by atoms with Crippen molar-refractivity contribution in [1.29, 1.82) is 0 Å². The summed E-state index contributed by atoms with van der Waals surface area (Å²) in [7, 11) is -0.713. The highest BCUT2D eigenvalue weighted by molar-refractivity contribution is 7.86. The van der Waals surface area contributed by atoms with Crippen molar-refractivity contribution < 1.29 is 4.21 Å². The summed E-state index contributed by atoms with van der Waals surface area (Å²) in [6.07, 6.45) is 4.04. The Morgan fingerprint density at radius 1 is 1.32 bits per heavy atom. The molecule has 0 saturated carbocycles. The molecule has 4 nitrogen and oxygen atoms in total. The SMILES string of the molecule is CCCc1nnc(N2CCS(=O)C(CC)(CC)C2)s1. The van der Waals surface area contributed by atoms with Crippen molar-refractivity contribution in [1.82, 2.24) is 10.2 Å². The Morgan fingerprint density at radius 2 is 2.05 bits per heavy atom. The summed E-state index contributed by atoms with van der Waals surface area (Å²) in [5.74, 6) is 0.754. The first-order valence-corrected chi connectivity index (χ1v) is 9.24. The molecule has 0 bridgehead atoms. The van der Waals surface area contributed by atoms with Crippen molar-refractivity contribution in [3.63, 3.8) is 0 Å². The number of aromatic nitrogens is 2. The molecule has 1 atom stereocenters. The summed E-state index contributed by atoms with van der Waals surface area (Å²) in [5, 5.41) is 10.7. The first-order chi connectivity index (χ1) is 9.15. The van der Waals surface area contributed by atoms with Gasteiger partial charge >= 0.3 is 0 Å². The predicted octanol–water partition coefficient (Wildman–Crippen LogP) is 2.62. The van der Waals surface area contributed by atoms with Gasteiger partial charge in [0.15, 0.2) is 0 Å². The topological polar surface area (TPSA) is 46.1 Å². The third kappa shape index (κ3) is 2.99. The molecular weight excluding hydrogens is 278 g/mol. The molecule has 1 aliphatic rings. The average molecular weight is 301 g/mol. The fraction of sp³-hybridized carbons (Fsp3) is 0.846. The van der Waals surface area contributed by atoms with Crippen molar-refractivity contribution in [2.24, 2.45) is 0 Å². The molecule has 19 heavy (non-hydrogen) atoms. The number of aryl methyl sites for hydroxylation is 1. The van der Waals surface area contributed by atoms with Crippen LogP contribution in [0.15, 0.2) is 0 Å². The fourth-order valence-electron chi connectivity index (χ4n) is 2.55. The molecule has 0 spiro atoms. The normalized spacial score (nSPS) is 22.7. The second kappa shape index (κ2) is 6.31. The second-order valence-corrected chi connectivity index (χ2v) is 8.10. The molecule has 2 heterocycles. The van der Waals surface area contributed by atoms with Gasteiger partial charge in [0.2, 0.25) is 5.13 Å². The summed E-state index contributed by atoms with van der Waals surface area (Å²) >= 11 is 1.69. The van der Waals surface area contributed by atoms with E-state index >= 15 is 0 Å². The molecule has 2 rings (SSSR count). The molecule has 1 unspecified atom stereocenters. The largest absolute Gasteiger partial charge is 0.344 e. The Kier molecular flexibility index (Phi) is 4.95.